The Bertz CT molecular complexity index is 452. The van der Waals surface area contributed by atoms with Gasteiger partial charge in [-0.1, -0.05) is 0 Å². The van der Waals surface area contributed by atoms with Crippen molar-refractivity contribution in [2.45, 2.75) is 0 Å². The monoisotopic (exact) mass is 145 g/mol. The molecule has 0 amide bonds. The second-order valence-electron chi connectivity index (χ2n) is 2.66. The predicted octanol–water partition coefficient (Wildman–Crippen LogP) is 1.98. The smallest absolute Gasteiger partial charge is 0.0880 e. The first-order valence-corrected chi connectivity index (χ1v) is 3.57. The highest BCUT2D eigenvalue weighted by Gasteiger charge is 2.03. The molecule has 0 aliphatic carbocycles. The van der Waals surface area contributed by atoms with Gasteiger partial charge in [-0.2, -0.15) is 0 Å². The molecule has 3 rings (SSSR count). The molecule has 0 radical (unpaired) electrons. The van der Waals surface area contributed by atoms with E-state index in [0.717, 1.165) is 22.1 Å². The van der Waals surface area contributed by atoms with Gasteiger partial charge in [-0.15, -0.1) is 0 Å². The third-order valence-corrected chi connectivity index (χ3v) is 2.01. The van der Waals surface area contributed by atoms with E-state index in [1.54, 1.807) is 0 Å². The standard InChI is InChI=1S/C8H7N3/c1-3-9-7-5(1)11-6-2-4-10-8(6)7/h1-4,9-11H. The van der Waals surface area contributed by atoms with Crippen molar-refractivity contribution in [3.8, 4) is 0 Å². The second kappa shape index (κ2) is 1.50. The lowest BCUT2D eigenvalue weighted by molar-refractivity contribution is 1.45. The summed E-state index contributed by atoms with van der Waals surface area (Å²) < 4.78 is 0. The molecule has 3 aromatic rings. The summed E-state index contributed by atoms with van der Waals surface area (Å²) in [5, 5.41) is 0. The van der Waals surface area contributed by atoms with Gasteiger partial charge in [0.15, 0.2) is 0 Å². The van der Waals surface area contributed by atoms with Gasteiger partial charge in [-0.05, 0) is 12.1 Å². The first-order chi connectivity index (χ1) is 5.45. The zero-order valence-electron chi connectivity index (χ0n) is 5.81. The van der Waals surface area contributed by atoms with E-state index in [2.05, 4.69) is 15.0 Å². The summed E-state index contributed by atoms with van der Waals surface area (Å²) in [5.74, 6) is 0. The molecule has 3 N–H and O–H groups in total. The Hall–Kier alpha value is -1.64. The first-order valence-electron chi connectivity index (χ1n) is 3.57. The molecule has 0 saturated heterocycles. The van der Waals surface area contributed by atoms with Gasteiger partial charge in [-0.25, -0.2) is 0 Å². The largest absolute Gasteiger partial charge is 0.358 e. The Morgan fingerprint density at radius 3 is 1.91 bits per heavy atom. The second-order valence-corrected chi connectivity index (χ2v) is 2.66. The number of hydrogen-bond acceptors (Lipinski definition) is 0. The van der Waals surface area contributed by atoms with Crippen LogP contribution in [-0.4, -0.2) is 15.0 Å². The van der Waals surface area contributed by atoms with Crippen LogP contribution in [0.4, 0.5) is 0 Å². The molecule has 3 heteroatoms. The number of rotatable bonds is 0. The number of hydrogen-bond donors (Lipinski definition) is 3. The van der Waals surface area contributed by atoms with E-state index in [1.807, 2.05) is 24.5 Å². The van der Waals surface area contributed by atoms with Crippen LogP contribution in [0.2, 0.25) is 0 Å². The number of nitrogens with one attached hydrogen (secondary N) is 3. The van der Waals surface area contributed by atoms with Crippen molar-refractivity contribution >= 4 is 22.1 Å². The lowest BCUT2D eigenvalue weighted by Gasteiger charge is -1.75. The Labute approximate surface area is 62.4 Å². The van der Waals surface area contributed by atoms with E-state index in [-0.39, 0.29) is 0 Å². The Morgan fingerprint density at radius 1 is 0.818 bits per heavy atom. The average molecular weight is 145 g/mol. The predicted molar refractivity (Wildman–Crippen MR) is 44.5 cm³/mol. The summed E-state index contributed by atoms with van der Waals surface area (Å²) in [6, 6.07) is 4.06. The lowest BCUT2D eigenvalue weighted by Crippen LogP contribution is -1.61. The van der Waals surface area contributed by atoms with E-state index in [0.29, 0.717) is 0 Å². The molecule has 3 aromatic heterocycles. The van der Waals surface area contributed by atoms with Crippen molar-refractivity contribution in [3.63, 3.8) is 0 Å². The highest BCUT2D eigenvalue weighted by atomic mass is 14.9. The molecule has 0 bridgehead atoms. The quantitative estimate of drug-likeness (QED) is 0.433. The fourth-order valence-corrected chi connectivity index (χ4v) is 1.51. The summed E-state index contributed by atoms with van der Waals surface area (Å²) in [5.41, 5.74) is 4.63. The fourth-order valence-electron chi connectivity index (χ4n) is 1.51. The maximum atomic E-state index is 3.28. The molecule has 0 atom stereocenters. The SMILES string of the molecule is c1cc2[nH]c3cc[nH]c3c2[nH]1. The Balaban J connectivity index is 2.75. The van der Waals surface area contributed by atoms with Gasteiger partial charge in [0.1, 0.15) is 0 Å². The van der Waals surface area contributed by atoms with Crippen LogP contribution in [0.1, 0.15) is 0 Å². The normalized spacial score (nSPS) is 11.6. The molecule has 3 nitrogen and oxygen atoms in total. The van der Waals surface area contributed by atoms with Gasteiger partial charge < -0.3 is 15.0 Å². The fraction of sp³-hybridized carbons (Fsp3) is 0. The van der Waals surface area contributed by atoms with Crippen molar-refractivity contribution in [3.05, 3.63) is 24.5 Å². The zero-order chi connectivity index (χ0) is 7.26. The molecule has 3 heterocycles. The maximum Gasteiger partial charge on any atom is 0.0880 e. The third kappa shape index (κ3) is 0.487. The zero-order valence-corrected chi connectivity index (χ0v) is 5.81. The van der Waals surface area contributed by atoms with Crippen LogP contribution in [0, 0.1) is 0 Å². The summed E-state index contributed by atoms with van der Waals surface area (Å²) in [4.78, 5) is 9.61. The molecule has 0 spiro atoms. The molecule has 11 heavy (non-hydrogen) atoms. The molecule has 54 valence electrons. The Kier molecular flexibility index (Phi) is 0.692. The highest BCUT2D eigenvalue weighted by Crippen LogP contribution is 2.21. The molecule has 0 saturated carbocycles. The van der Waals surface area contributed by atoms with Crippen LogP contribution in [0.25, 0.3) is 22.1 Å². The van der Waals surface area contributed by atoms with Crippen molar-refractivity contribution in [1.82, 2.24) is 15.0 Å². The van der Waals surface area contributed by atoms with Crippen LogP contribution in [0.5, 0.6) is 0 Å². The van der Waals surface area contributed by atoms with Crippen LogP contribution in [-0.2, 0) is 0 Å². The molecular weight excluding hydrogens is 138 g/mol. The van der Waals surface area contributed by atoms with Crippen molar-refractivity contribution in [2.24, 2.45) is 0 Å². The maximum absolute atomic E-state index is 3.28. The summed E-state index contributed by atoms with van der Waals surface area (Å²) in [7, 11) is 0. The first kappa shape index (κ1) is 5.07. The number of aromatic nitrogens is 3. The molecule has 0 unspecified atom stereocenters. The summed E-state index contributed by atoms with van der Waals surface area (Å²) in [6.45, 7) is 0. The average Bonchev–Trinajstić information content (AvgIpc) is 2.52. The van der Waals surface area contributed by atoms with Crippen LogP contribution < -0.4 is 0 Å². The minimum atomic E-state index is 1.16. The van der Waals surface area contributed by atoms with Gasteiger partial charge in [0, 0.05) is 12.4 Å². The minimum Gasteiger partial charge on any atom is -0.358 e. The Morgan fingerprint density at radius 2 is 1.36 bits per heavy atom. The van der Waals surface area contributed by atoms with Gasteiger partial charge in [0.25, 0.3) is 0 Å². The van der Waals surface area contributed by atoms with Crippen LogP contribution in [0.15, 0.2) is 24.5 Å². The van der Waals surface area contributed by atoms with Gasteiger partial charge in [0.2, 0.25) is 0 Å². The summed E-state index contributed by atoms with van der Waals surface area (Å²) in [6.07, 6.45) is 3.86. The number of aromatic amines is 3. The van der Waals surface area contributed by atoms with E-state index in [1.165, 1.54) is 0 Å². The van der Waals surface area contributed by atoms with E-state index in [4.69, 9.17) is 0 Å². The molecular formula is C8H7N3. The van der Waals surface area contributed by atoms with Gasteiger partial charge in [-0.3, -0.25) is 0 Å². The van der Waals surface area contributed by atoms with Crippen LogP contribution >= 0.6 is 0 Å². The molecule has 0 fully saturated rings. The van der Waals surface area contributed by atoms with Crippen molar-refractivity contribution < 1.29 is 0 Å². The number of fused-ring (bicyclic) bond motifs is 3. The molecule has 0 aromatic carbocycles. The van der Waals surface area contributed by atoms with Gasteiger partial charge >= 0.3 is 0 Å². The van der Waals surface area contributed by atoms with E-state index in [9.17, 15) is 0 Å². The minimum absolute atomic E-state index is 1.16. The van der Waals surface area contributed by atoms with E-state index < -0.39 is 0 Å². The number of H-pyrrole nitrogens is 3. The van der Waals surface area contributed by atoms with Crippen molar-refractivity contribution in [2.75, 3.05) is 0 Å². The van der Waals surface area contributed by atoms with Crippen LogP contribution in [0.3, 0.4) is 0 Å². The van der Waals surface area contributed by atoms with E-state index >= 15 is 0 Å². The molecule has 0 aliphatic rings. The van der Waals surface area contributed by atoms with Crippen molar-refractivity contribution in [1.29, 1.82) is 0 Å². The lowest BCUT2D eigenvalue weighted by atomic mass is 10.4. The van der Waals surface area contributed by atoms with Gasteiger partial charge in [0.05, 0.1) is 22.1 Å². The molecule has 0 aliphatic heterocycles. The topological polar surface area (TPSA) is 47.4 Å². The third-order valence-electron chi connectivity index (χ3n) is 2.01. The highest BCUT2D eigenvalue weighted by molar-refractivity contribution is 6.02. The summed E-state index contributed by atoms with van der Waals surface area (Å²) >= 11 is 0.